The summed E-state index contributed by atoms with van der Waals surface area (Å²) in [5, 5.41) is 2.75. The second kappa shape index (κ2) is 5.41. The molecular formula is C12H9FN2OS. The van der Waals surface area contributed by atoms with E-state index < -0.39 is 6.81 Å². The number of pyridine rings is 1. The smallest absolute Gasteiger partial charge is 0.228 e. The summed E-state index contributed by atoms with van der Waals surface area (Å²) < 4.78 is 30.5. The Balaban J connectivity index is 2.18. The number of nitrogens with zero attached hydrogens (tertiary/aromatic N) is 2. The zero-order valence-corrected chi connectivity index (χ0v) is 9.71. The highest BCUT2D eigenvalue weighted by molar-refractivity contribution is 7.09. The number of ether oxygens (including phenoxy) is 1. The van der Waals surface area contributed by atoms with E-state index in [1.807, 2.05) is 12.3 Å². The molecule has 0 aromatic carbocycles. The van der Waals surface area contributed by atoms with Gasteiger partial charge in [0.1, 0.15) is 14.2 Å². The van der Waals surface area contributed by atoms with Crippen LogP contribution >= 0.6 is 11.3 Å². The van der Waals surface area contributed by atoms with Gasteiger partial charge in [-0.2, -0.15) is 0 Å². The van der Waals surface area contributed by atoms with E-state index in [0.29, 0.717) is 11.3 Å². The monoisotopic (exact) mass is 249 g/mol. The van der Waals surface area contributed by atoms with Gasteiger partial charge in [-0.05, 0) is 18.9 Å². The van der Waals surface area contributed by atoms with Crippen molar-refractivity contribution in [3.05, 3.63) is 40.1 Å². The predicted molar refractivity (Wildman–Crippen MR) is 63.7 cm³/mol. The quantitative estimate of drug-likeness (QED) is 0.767. The first kappa shape index (κ1) is 9.14. The van der Waals surface area contributed by atoms with Crippen LogP contribution in [0.4, 0.5) is 4.39 Å². The Morgan fingerprint density at radius 2 is 2.41 bits per heavy atom. The Bertz CT molecular complexity index is 643. The van der Waals surface area contributed by atoms with Crippen LogP contribution in [-0.2, 0) is 0 Å². The van der Waals surface area contributed by atoms with E-state index in [-0.39, 0.29) is 5.75 Å². The lowest BCUT2D eigenvalue weighted by Gasteiger charge is -1.99. The minimum absolute atomic E-state index is 0.0197. The van der Waals surface area contributed by atoms with E-state index in [2.05, 4.69) is 26.5 Å². The summed E-state index contributed by atoms with van der Waals surface area (Å²) in [7, 11) is 0. The molecule has 0 radical (unpaired) electrons. The number of aryl methyl sites for hydroxylation is 1. The zero-order valence-electron chi connectivity index (χ0n) is 10.9. The fourth-order valence-corrected chi connectivity index (χ4v) is 1.69. The van der Waals surface area contributed by atoms with Crippen molar-refractivity contribution in [1.82, 2.24) is 9.97 Å². The molecule has 2 aromatic heterocycles. The molecule has 0 unspecified atom stereocenters. The summed E-state index contributed by atoms with van der Waals surface area (Å²) in [6.07, 6.45) is 2.70. The molecule has 17 heavy (non-hydrogen) atoms. The van der Waals surface area contributed by atoms with Gasteiger partial charge in [-0.3, -0.25) is 4.98 Å². The van der Waals surface area contributed by atoms with Gasteiger partial charge >= 0.3 is 0 Å². The SMILES string of the molecule is [2H]C([2H])([18F])Oc1cncc(C#Cc2csc(C)n2)c1. The fraction of sp³-hybridized carbons (Fsp3) is 0.167. The summed E-state index contributed by atoms with van der Waals surface area (Å²) in [5.74, 6) is 5.63. The van der Waals surface area contributed by atoms with Crippen LogP contribution in [-0.4, -0.2) is 16.8 Å². The molecule has 2 rings (SSSR count). The molecule has 5 heteroatoms. The van der Waals surface area contributed by atoms with Crippen molar-refractivity contribution in [3.63, 3.8) is 0 Å². The molecule has 0 fully saturated rings. The Hall–Kier alpha value is -1.93. The summed E-state index contributed by atoms with van der Waals surface area (Å²) in [5.41, 5.74) is 1.14. The van der Waals surface area contributed by atoms with Crippen LogP contribution < -0.4 is 4.74 Å². The molecule has 0 spiro atoms. The summed E-state index contributed by atoms with van der Waals surface area (Å²) in [6, 6.07) is 1.41. The predicted octanol–water partition coefficient (Wildman–Crippen LogP) is 2.55. The number of hydrogen-bond donors (Lipinski definition) is 0. The number of aromatic nitrogens is 2. The lowest BCUT2D eigenvalue weighted by atomic mass is 10.3. The topological polar surface area (TPSA) is 35.0 Å². The molecule has 86 valence electrons. The van der Waals surface area contributed by atoms with Crippen LogP contribution in [0.2, 0.25) is 0 Å². The van der Waals surface area contributed by atoms with E-state index >= 15 is 0 Å². The van der Waals surface area contributed by atoms with Gasteiger partial charge < -0.3 is 4.74 Å². The van der Waals surface area contributed by atoms with E-state index in [9.17, 15) is 4.39 Å². The highest BCUT2D eigenvalue weighted by Gasteiger charge is 1.96. The maximum Gasteiger partial charge on any atom is 0.228 e. The van der Waals surface area contributed by atoms with Crippen molar-refractivity contribution in [2.45, 2.75) is 6.92 Å². The minimum Gasteiger partial charge on any atom is -0.461 e. The van der Waals surface area contributed by atoms with E-state index in [1.54, 1.807) is 0 Å². The average molecular weight is 249 g/mol. The lowest BCUT2D eigenvalue weighted by molar-refractivity contribution is 0.191. The first-order valence-corrected chi connectivity index (χ1v) is 5.57. The molecule has 2 aromatic rings. The Morgan fingerprint density at radius 3 is 3.12 bits per heavy atom. The van der Waals surface area contributed by atoms with Crippen molar-refractivity contribution in [1.29, 1.82) is 0 Å². The van der Waals surface area contributed by atoms with Gasteiger partial charge in [0.25, 0.3) is 0 Å². The maximum atomic E-state index is 12.7. The van der Waals surface area contributed by atoms with Crippen molar-refractivity contribution >= 4 is 11.3 Å². The first-order valence-electron chi connectivity index (χ1n) is 5.69. The van der Waals surface area contributed by atoms with E-state index in [0.717, 1.165) is 5.01 Å². The number of thiazole rings is 1. The van der Waals surface area contributed by atoms with Crippen LogP contribution in [0.3, 0.4) is 0 Å². The molecule has 0 N–H and O–H groups in total. The molecule has 0 saturated heterocycles. The van der Waals surface area contributed by atoms with E-state index in [1.165, 1.54) is 29.8 Å². The van der Waals surface area contributed by atoms with Gasteiger partial charge in [0.05, 0.1) is 11.2 Å². The molecule has 0 aliphatic heterocycles. The van der Waals surface area contributed by atoms with Crippen LogP contribution in [0.25, 0.3) is 0 Å². The molecule has 0 amide bonds. The zero-order chi connectivity index (χ0) is 13.9. The molecular weight excluding hydrogens is 238 g/mol. The van der Waals surface area contributed by atoms with Crippen LogP contribution in [0.1, 0.15) is 19.0 Å². The summed E-state index contributed by atoms with van der Waals surface area (Å²) in [4.78, 5) is 7.99. The Kier molecular flexibility index (Phi) is 2.91. The number of alkyl halides is 1. The van der Waals surface area contributed by atoms with Gasteiger partial charge in [0.2, 0.25) is 6.81 Å². The van der Waals surface area contributed by atoms with Crippen molar-refractivity contribution in [2.24, 2.45) is 0 Å². The Labute approximate surface area is 105 Å². The van der Waals surface area contributed by atoms with Gasteiger partial charge in [-0.25, -0.2) is 9.37 Å². The van der Waals surface area contributed by atoms with Gasteiger partial charge in [0.15, 0.2) is 0 Å². The Morgan fingerprint density at radius 1 is 1.53 bits per heavy atom. The normalized spacial score (nSPS) is 12.1. The molecule has 0 aliphatic rings. The number of rotatable bonds is 2. The third kappa shape index (κ3) is 3.26. The van der Waals surface area contributed by atoms with Crippen LogP contribution in [0, 0.1) is 18.8 Å². The molecule has 0 atom stereocenters. The highest BCUT2D eigenvalue weighted by atomic mass is 32.1. The minimum atomic E-state index is -3.24. The molecule has 2 heterocycles. The van der Waals surface area contributed by atoms with Crippen molar-refractivity contribution < 1.29 is 11.9 Å². The van der Waals surface area contributed by atoms with E-state index in [4.69, 9.17) is 2.74 Å². The van der Waals surface area contributed by atoms with Gasteiger partial charge in [-0.1, -0.05) is 5.92 Å². The molecule has 0 bridgehead atoms. The third-order valence-corrected chi connectivity index (χ3v) is 2.60. The molecule has 0 aliphatic carbocycles. The largest absolute Gasteiger partial charge is 0.461 e. The van der Waals surface area contributed by atoms with Crippen LogP contribution in [0.5, 0.6) is 5.75 Å². The number of halogens is 1. The standard InChI is InChI=1S/C12H9FN2OS/c1-9-15-11(7-17-9)3-2-10-4-12(16-8-13)6-14-5-10/h4-7H,8H2,1H3/i8D2,13-1. The maximum absolute atomic E-state index is 12.7. The number of hydrogen-bond acceptors (Lipinski definition) is 4. The molecule has 0 saturated carbocycles. The van der Waals surface area contributed by atoms with Crippen molar-refractivity contribution in [2.75, 3.05) is 6.81 Å². The van der Waals surface area contributed by atoms with Gasteiger partial charge in [0, 0.05) is 17.1 Å². The van der Waals surface area contributed by atoms with Gasteiger partial charge in [-0.15, -0.1) is 11.3 Å². The second-order valence-electron chi connectivity index (χ2n) is 3.09. The summed E-state index contributed by atoms with van der Waals surface area (Å²) >= 11 is 1.50. The lowest BCUT2D eigenvalue weighted by Crippen LogP contribution is -1.91. The summed E-state index contributed by atoms with van der Waals surface area (Å²) in [6.45, 7) is -1.35. The van der Waals surface area contributed by atoms with Crippen LogP contribution in [0.15, 0.2) is 23.8 Å². The van der Waals surface area contributed by atoms with Crippen molar-refractivity contribution in [3.8, 4) is 17.6 Å². The average Bonchev–Trinajstić information content (AvgIpc) is 2.71. The molecule has 3 nitrogen and oxygen atoms in total. The fourth-order valence-electron chi connectivity index (χ4n) is 1.14. The second-order valence-corrected chi connectivity index (χ2v) is 4.15. The first-order chi connectivity index (χ1) is 8.92. The highest BCUT2D eigenvalue weighted by Crippen LogP contribution is 2.11. The third-order valence-electron chi connectivity index (χ3n) is 1.82.